The molecule has 2 atom stereocenters. The summed E-state index contributed by atoms with van der Waals surface area (Å²) in [5.41, 5.74) is 0. The predicted molar refractivity (Wildman–Crippen MR) is 86.0 cm³/mol. The van der Waals surface area contributed by atoms with Crippen LogP contribution >= 0.6 is 11.3 Å². The monoisotopic (exact) mass is 316 g/mol. The standard InChI is InChI=1S/C16H20N4OS/c1-2-16(22-5-1)11-19-3-4-20-10-14(6-13(20)9-19)21-15-7-17-12-18-8-15/h1-2,5,7-8,12-14H,3-4,6,9-11H2. The Morgan fingerprint density at radius 1 is 1.23 bits per heavy atom. The van der Waals surface area contributed by atoms with Crippen molar-refractivity contribution in [1.29, 1.82) is 0 Å². The summed E-state index contributed by atoms with van der Waals surface area (Å²) in [5.74, 6) is 0.780. The zero-order valence-electron chi connectivity index (χ0n) is 12.5. The van der Waals surface area contributed by atoms with Crippen molar-refractivity contribution >= 4 is 11.3 Å². The lowest BCUT2D eigenvalue weighted by molar-refractivity contribution is 0.0985. The SMILES string of the molecule is c1csc(CN2CCN3CC(Oc4cncnc4)CC3C2)c1. The first-order chi connectivity index (χ1) is 10.9. The molecule has 22 heavy (non-hydrogen) atoms. The molecular weight excluding hydrogens is 296 g/mol. The average molecular weight is 316 g/mol. The molecule has 5 nitrogen and oxygen atoms in total. The molecule has 0 spiro atoms. The highest BCUT2D eigenvalue weighted by molar-refractivity contribution is 7.09. The molecule has 116 valence electrons. The lowest BCUT2D eigenvalue weighted by Crippen LogP contribution is -2.49. The molecule has 2 aromatic heterocycles. The second-order valence-electron chi connectivity index (χ2n) is 6.01. The van der Waals surface area contributed by atoms with Crippen LogP contribution in [0, 0.1) is 0 Å². The minimum absolute atomic E-state index is 0.262. The topological polar surface area (TPSA) is 41.5 Å². The molecule has 2 fully saturated rings. The second-order valence-corrected chi connectivity index (χ2v) is 7.05. The third kappa shape index (κ3) is 3.14. The van der Waals surface area contributed by atoms with Crippen LogP contribution in [0.2, 0.25) is 0 Å². The Kier molecular flexibility index (Phi) is 4.05. The number of hydrogen-bond acceptors (Lipinski definition) is 6. The van der Waals surface area contributed by atoms with Crippen molar-refractivity contribution in [3.8, 4) is 5.75 Å². The third-order valence-corrected chi connectivity index (χ3v) is 5.32. The molecule has 0 aromatic carbocycles. The molecule has 4 rings (SSSR count). The van der Waals surface area contributed by atoms with Crippen molar-refractivity contribution in [3.63, 3.8) is 0 Å². The molecular formula is C16H20N4OS. The van der Waals surface area contributed by atoms with E-state index in [1.807, 2.05) is 11.3 Å². The minimum atomic E-state index is 0.262. The molecule has 0 saturated carbocycles. The molecule has 2 aliphatic heterocycles. The van der Waals surface area contributed by atoms with Crippen molar-refractivity contribution in [2.45, 2.75) is 25.1 Å². The van der Waals surface area contributed by atoms with Crippen LogP contribution in [-0.4, -0.2) is 58.1 Å². The van der Waals surface area contributed by atoms with Gasteiger partial charge in [-0.05, 0) is 11.4 Å². The Bertz CT molecular complexity index is 591. The van der Waals surface area contributed by atoms with Crippen LogP contribution < -0.4 is 4.74 Å². The highest BCUT2D eigenvalue weighted by Crippen LogP contribution is 2.26. The van der Waals surface area contributed by atoms with E-state index in [1.54, 1.807) is 12.4 Å². The minimum Gasteiger partial charge on any atom is -0.486 e. The van der Waals surface area contributed by atoms with Crippen molar-refractivity contribution in [2.75, 3.05) is 26.2 Å². The largest absolute Gasteiger partial charge is 0.486 e. The molecule has 4 heterocycles. The molecule has 2 unspecified atom stereocenters. The maximum absolute atomic E-state index is 6.03. The summed E-state index contributed by atoms with van der Waals surface area (Å²) in [6.07, 6.45) is 6.38. The number of aromatic nitrogens is 2. The van der Waals surface area contributed by atoms with Gasteiger partial charge in [-0.15, -0.1) is 11.3 Å². The Morgan fingerprint density at radius 3 is 2.95 bits per heavy atom. The number of ether oxygens (including phenoxy) is 1. The van der Waals surface area contributed by atoms with E-state index in [9.17, 15) is 0 Å². The molecule has 0 N–H and O–H groups in total. The number of rotatable bonds is 4. The van der Waals surface area contributed by atoms with Gasteiger partial charge in [0.05, 0.1) is 12.4 Å². The summed E-state index contributed by atoms with van der Waals surface area (Å²) in [4.78, 5) is 14.6. The fraction of sp³-hybridized carbons (Fsp3) is 0.500. The lowest BCUT2D eigenvalue weighted by Gasteiger charge is -2.36. The van der Waals surface area contributed by atoms with E-state index < -0.39 is 0 Å². The normalized spacial score (nSPS) is 26.0. The van der Waals surface area contributed by atoms with Crippen LogP contribution in [0.15, 0.2) is 36.2 Å². The molecule has 2 saturated heterocycles. The summed E-state index contributed by atoms with van der Waals surface area (Å²) in [5, 5.41) is 2.16. The van der Waals surface area contributed by atoms with Gasteiger partial charge in [0.2, 0.25) is 0 Å². The van der Waals surface area contributed by atoms with Crippen LogP contribution in [0.5, 0.6) is 5.75 Å². The van der Waals surface area contributed by atoms with E-state index in [0.29, 0.717) is 6.04 Å². The molecule has 0 amide bonds. The Hall–Kier alpha value is -1.50. The van der Waals surface area contributed by atoms with Crippen LogP contribution in [0.3, 0.4) is 0 Å². The van der Waals surface area contributed by atoms with Gasteiger partial charge in [0.25, 0.3) is 0 Å². The molecule has 0 bridgehead atoms. The Morgan fingerprint density at radius 2 is 2.14 bits per heavy atom. The van der Waals surface area contributed by atoms with E-state index in [-0.39, 0.29) is 6.10 Å². The highest BCUT2D eigenvalue weighted by atomic mass is 32.1. The van der Waals surface area contributed by atoms with Gasteiger partial charge in [-0.1, -0.05) is 6.07 Å². The first-order valence-corrected chi connectivity index (χ1v) is 8.65. The number of thiophene rings is 1. The van der Waals surface area contributed by atoms with E-state index in [0.717, 1.165) is 44.9 Å². The van der Waals surface area contributed by atoms with Gasteiger partial charge < -0.3 is 4.74 Å². The van der Waals surface area contributed by atoms with Gasteiger partial charge in [-0.3, -0.25) is 9.80 Å². The van der Waals surface area contributed by atoms with Gasteiger partial charge in [0.15, 0.2) is 5.75 Å². The fourth-order valence-corrected chi connectivity index (χ4v) is 4.20. The van der Waals surface area contributed by atoms with E-state index in [2.05, 4.69) is 37.3 Å². The van der Waals surface area contributed by atoms with Crippen LogP contribution in [0.1, 0.15) is 11.3 Å². The lowest BCUT2D eigenvalue weighted by atomic mass is 10.1. The molecule has 0 aliphatic carbocycles. The van der Waals surface area contributed by atoms with Crippen LogP contribution in [0.4, 0.5) is 0 Å². The zero-order chi connectivity index (χ0) is 14.8. The maximum Gasteiger partial charge on any atom is 0.156 e. The quantitative estimate of drug-likeness (QED) is 0.861. The Balaban J connectivity index is 1.33. The van der Waals surface area contributed by atoms with Crippen molar-refractivity contribution in [2.24, 2.45) is 0 Å². The van der Waals surface area contributed by atoms with E-state index >= 15 is 0 Å². The fourth-order valence-electron chi connectivity index (χ4n) is 3.45. The Labute approximate surface area is 134 Å². The summed E-state index contributed by atoms with van der Waals surface area (Å²) in [6, 6.07) is 4.98. The van der Waals surface area contributed by atoms with Crippen LogP contribution in [-0.2, 0) is 6.54 Å². The smallest absolute Gasteiger partial charge is 0.156 e. The van der Waals surface area contributed by atoms with Crippen molar-refractivity contribution < 1.29 is 4.74 Å². The second kappa shape index (κ2) is 6.32. The number of hydrogen-bond donors (Lipinski definition) is 0. The van der Waals surface area contributed by atoms with Crippen LogP contribution in [0.25, 0.3) is 0 Å². The summed E-state index contributed by atoms with van der Waals surface area (Å²) in [7, 11) is 0. The highest BCUT2D eigenvalue weighted by Gasteiger charge is 2.37. The van der Waals surface area contributed by atoms with Gasteiger partial charge in [-0.2, -0.15) is 0 Å². The van der Waals surface area contributed by atoms with Gasteiger partial charge in [0.1, 0.15) is 12.4 Å². The van der Waals surface area contributed by atoms with Gasteiger partial charge in [0, 0.05) is 50.1 Å². The summed E-state index contributed by atoms with van der Waals surface area (Å²) < 4.78 is 6.03. The first-order valence-electron chi connectivity index (χ1n) is 7.77. The molecule has 2 aromatic rings. The van der Waals surface area contributed by atoms with Crippen molar-refractivity contribution in [1.82, 2.24) is 19.8 Å². The third-order valence-electron chi connectivity index (χ3n) is 4.46. The van der Waals surface area contributed by atoms with E-state index in [1.165, 1.54) is 11.2 Å². The number of fused-ring (bicyclic) bond motifs is 1. The van der Waals surface area contributed by atoms with Gasteiger partial charge in [-0.25, -0.2) is 9.97 Å². The molecule has 0 radical (unpaired) electrons. The predicted octanol–water partition coefficient (Wildman–Crippen LogP) is 1.88. The molecule has 6 heteroatoms. The van der Waals surface area contributed by atoms with Crippen molar-refractivity contribution in [3.05, 3.63) is 41.1 Å². The average Bonchev–Trinajstić information content (AvgIpc) is 3.17. The molecule has 2 aliphatic rings. The number of nitrogens with zero attached hydrogens (tertiary/aromatic N) is 4. The first kappa shape index (κ1) is 14.1. The van der Waals surface area contributed by atoms with E-state index in [4.69, 9.17) is 4.74 Å². The summed E-state index contributed by atoms with van der Waals surface area (Å²) in [6.45, 7) is 5.53. The maximum atomic E-state index is 6.03. The summed E-state index contributed by atoms with van der Waals surface area (Å²) >= 11 is 1.85. The number of piperazine rings is 1. The zero-order valence-corrected chi connectivity index (χ0v) is 13.3. The van der Waals surface area contributed by atoms with Gasteiger partial charge >= 0.3 is 0 Å².